The first-order valence-electron chi connectivity index (χ1n) is 12.8. The number of sulfonamides is 1. The smallest absolute Gasteiger partial charge is 0.242 e. The number of ether oxygens (including phenoxy) is 1. The molecule has 0 saturated carbocycles. The minimum atomic E-state index is -3.53. The van der Waals surface area contributed by atoms with Gasteiger partial charge in [-0.25, -0.2) is 8.42 Å². The third-order valence-electron chi connectivity index (χ3n) is 6.44. The zero-order chi connectivity index (χ0) is 27.6. The van der Waals surface area contributed by atoms with Crippen LogP contribution in [0.25, 0.3) is 0 Å². The number of rotatable bonds is 14. The highest BCUT2D eigenvalue weighted by atomic mass is 32.2. The molecule has 0 aromatic heterocycles. The largest absolute Gasteiger partial charge is 0.497 e. The Kier molecular flexibility index (Phi) is 11.4. The molecule has 2 rings (SSSR count). The predicted molar refractivity (Wildman–Crippen MR) is 148 cm³/mol. The van der Waals surface area contributed by atoms with E-state index in [0.29, 0.717) is 17.9 Å². The van der Waals surface area contributed by atoms with Crippen LogP contribution in [-0.2, 0) is 32.6 Å². The molecule has 0 spiro atoms. The van der Waals surface area contributed by atoms with Crippen LogP contribution < -0.4 is 14.4 Å². The Bertz CT molecular complexity index is 1130. The molecule has 8 nitrogen and oxygen atoms in total. The molecule has 0 heterocycles. The maximum absolute atomic E-state index is 13.4. The molecule has 9 heteroatoms. The first kappa shape index (κ1) is 30.2. The quantitative estimate of drug-likeness (QED) is 0.395. The molecule has 0 fully saturated rings. The first-order valence-corrected chi connectivity index (χ1v) is 14.6. The molecule has 2 atom stereocenters. The van der Waals surface area contributed by atoms with Crippen molar-refractivity contribution in [2.45, 2.75) is 72.0 Å². The van der Waals surface area contributed by atoms with Gasteiger partial charge in [-0.15, -0.1) is 0 Å². The number of nitrogens with zero attached hydrogens (tertiary/aromatic N) is 2. The monoisotopic (exact) mass is 531 g/mol. The summed E-state index contributed by atoms with van der Waals surface area (Å²) in [7, 11) is -1.95. The molecule has 37 heavy (non-hydrogen) atoms. The molecule has 0 aliphatic carbocycles. The minimum absolute atomic E-state index is 0.00821. The summed E-state index contributed by atoms with van der Waals surface area (Å²) in [6, 6.07) is 14.1. The van der Waals surface area contributed by atoms with Crippen LogP contribution in [0.2, 0.25) is 0 Å². The number of hydrogen-bond donors (Lipinski definition) is 1. The molecule has 0 radical (unpaired) electrons. The van der Waals surface area contributed by atoms with Gasteiger partial charge in [0.2, 0.25) is 21.8 Å². The maximum Gasteiger partial charge on any atom is 0.242 e. The van der Waals surface area contributed by atoms with Crippen LogP contribution >= 0.6 is 0 Å². The summed E-state index contributed by atoms with van der Waals surface area (Å²) in [4.78, 5) is 27.9. The van der Waals surface area contributed by atoms with Gasteiger partial charge in [-0.05, 0) is 68.5 Å². The van der Waals surface area contributed by atoms with E-state index >= 15 is 0 Å². The molecule has 0 saturated heterocycles. The van der Waals surface area contributed by atoms with E-state index in [1.807, 2.05) is 57.2 Å². The van der Waals surface area contributed by atoms with E-state index in [9.17, 15) is 18.0 Å². The van der Waals surface area contributed by atoms with Crippen molar-refractivity contribution >= 4 is 27.5 Å². The zero-order valence-electron chi connectivity index (χ0n) is 22.9. The van der Waals surface area contributed by atoms with E-state index < -0.39 is 16.1 Å². The van der Waals surface area contributed by atoms with Gasteiger partial charge in [0.25, 0.3) is 0 Å². The van der Waals surface area contributed by atoms with Crippen LogP contribution in [0.15, 0.2) is 48.5 Å². The van der Waals surface area contributed by atoms with Crippen molar-refractivity contribution in [1.29, 1.82) is 0 Å². The summed E-state index contributed by atoms with van der Waals surface area (Å²) in [6.07, 6.45) is 3.22. The lowest BCUT2D eigenvalue weighted by Crippen LogP contribution is -2.49. The Hall–Kier alpha value is -3.07. The standard InChI is InChI=1S/C28H41N3O5S/c1-7-21(3)29-28(33)22(4)30(20-24-11-9-12-26(19-24)36-5)27(32)13-10-18-31(37(6,34)35)25-16-14-23(8-2)15-17-25/h9,11-12,14-17,19,21-22H,7-8,10,13,18,20H2,1-6H3,(H,29,33)/t21-,22+/m1/s1. The van der Waals surface area contributed by atoms with E-state index in [1.165, 1.54) is 10.6 Å². The van der Waals surface area contributed by atoms with Gasteiger partial charge < -0.3 is 15.0 Å². The second-order valence-corrected chi connectivity index (χ2v) is 11.2. The number of benzene rings is 2. The number of carbonyl (C=O) groups is 2. The fraction of sp³-hybridized carbons (Fsp3) is 0.500. The van der Waals surface area contributed by atoms with Crippen LogP contribution in [0.3, 0.4) is 0 Å². The summed E-state index contributed by atoms with van der Waals surface area (Å²) in [5, 5.41) is 2.95. The number of hydrogen-bond acceptors (Lipinski definition) is 5. The number of carbonyl (C=O) groups excluding carboxylic acids is 2. The summed E-state index contributed by atoms with van der Waals surface area (Å²) >= 11 is 0. The van der Waals surface area contributed by atoms with Gasteiger partial charge in [0.15, 0.2) is 0 Å². The van der Waals surface area contributed by atoms with Gasteiger partial charge in [0, 0.05) is 25.6 Å². The fourth-order valence-electron chi connectivity index (χ4n) is 3.92. The van der Waals surface area contributed by atoms with Gasteiger partial charge in [0.05, 0.1) is 19.1 Å². The SMILES string of the molecule is CCc1ccc(N(CCCC(=O)N(Cc2cccc(OC)c2)[C@@H](C)C(=O)N[C@H](C)CC)S(C)(=O)=O)cc1. The van der Waals surface area contributed by atoms with Crippen LogP contribution in [0.4, 0.5) is 5.69 Å². The van der Waals surface area contributed by atoms with E-state index in [1.54, 1.807) is 31.1 Å². The molecule has 0 unspecified atom stereocenters. The number of nitrogens with one attached hydrogen (secondary N) is 1. The van der Waals surface area contributed by atoms with Crippen LogP contribution in [-0.4, -0.2) is 57.1 Å². The molecule has 0 aliphatic heterocycles. The topological polar surface area (TPSA) is 96.0 Å². The normalized spacial score (nSPS) is 12.9. The van der Waals surface area contributed by atoms with Crippen molar-refractivity contribution in [3.63, 3.8) is 0 Å². The zero-order valence-corrected chi connectivity index (χ0v) is 23.7. The number of methoxy groups -OCH3 is 1. The molecule has 2 amide bonds. The van der Waals surface area contributed by atoms with Crippen molar-refractivity contribution in [3.05, 3.63) is 59.7 Å². The molecule has 0 bridgehead atoms. The summed E-state index contributed by atoms with van der Waals surface area (Å²) in [6.45, 7) is 8.06. The summed E-state index contributed by atoms with van der Waals surface area (Å²) in [5.74, 6) is 0.225. The summed E-state index contributed by atoms with van der Waals surface area (Å²) in [5.41, 5.74) is 2.52. The van der Waals surface area contributed by atoms with Crippen molar-refractivity contribution in [1.82, 2.24) is 10.2 Å². The van der Waals surface area contributed by atoms with Crippen LogP contribution in [0.1, 0.15) is 58.1 Å². The molecular formula is C28H41N3O5S. The number of anilines is 1. The minimum Gasteiger partial charge on any atom is -0.497 e. The van der Waals surface area contributed by atoms with Crippen molar-refractivity contribution in [2.24, 2.45) is 0 Å². The third-order valence-corrected chi connectivity index (χ3v) is 7.63. The Balaban J connectivity index is 2.19. The maximum atomic E-state index is 13.4. The Morgan fingerprint density at radius 1 is 1.03 bits per heavy atom. The Morgan fingerprint density at radius 3 is 2.27 bits per heavy atom. The third kappa shape index (κ3) is 9.07. The van der Waals surface area contributed by atoms with E-state index in [0.717, 1.165) is 24.0 Å². The summed E-state index contributed by atoms with van der Waals surface area (Å²) < 4.78 is 31.6. The van der Waals surface area contributed by atoms with E-state index in [2.05, 4.69) is 5.32 Å². The van der Waals surface area contributed by atoms with Gasteiger partial charge in [0.1, 0.15) is 11.8 Å². The molecule has 2 aromatic carbocycles. The first-order chi connectivity index (χ1) is 17.5. The van der Waals surface area contributed by atoms with Crippen LogP contribution in [0.5, 0.6) is 5.75 Å². The number of aryl methyl sites for hydroxylation is 1. The van der Waals surface area contributed by atoms with Crippen molar-refractivity contribution in [3.8, 4) is 5.75 Å². The van der Waals surface area contributed by atoms with E-state index in [-0.39, 0.29) is 37.4 Å². The Labute approximate surface area is 222 Å². The van der Waals surface area contributed by atoms with Gasteiger partial charge in [-0.3, -0.25) is 13.9 Å². The molecule has 0 aliphatic rings. The highest BCUT2D eigenvalue weighted by Crippen LogP contribution is 2.21. The molecule has 2 aromatic rings. The van der Waals surface area contributed by atoms with Gasteiger partial charge in [-0.2, -0.15) is 0 Å². The lowest BCUT2D eigenvalue weighted by molar-refractivity contribution is -0.140. The lowest BCUT2D eigenvalue weighted by Gasteiger charge is -2.30. The van der Waals surface area contributed by atoms with Crippen molar-refractivity contribution in [2.75, 3.05) is 24.2 Å². The molecule has 204 valence electrons. The second-order valence-electron chi connectivity index (χ2n) is 9.33. The van der Waals surface area contributed by atoms with Gasteiger partial charge in [-0.1, -0.05) is 38.1 Å². The highest BCUT2D eigenvalue weighted by Gasteiger charge is 2.27. The number of amides is 2. The average Bonchev–Trinajstić information content (AvgIpc) is 2.88. The average molecular weight is 532 g/mol. The Morgan fingerprint density at radius 2 is 1.70 bits per heavy atom. The molecular weight excluding hydrogens is 490 g/mol. The molecule has 1 N–H and O–H groups in total. The lowest BCUT2D eigenvalue weighted by atomic mass is 10.1. The van der Waals surface area contributed by atoms with Crippen molar-refractivity contribution < 1.29 is 22.7 Å². The predicted octanol–water partition coefficient (Wildman–Crippen LogP) is 4.14. The fourth-order valence-corrected chi connectivity index (χ4v) is 4.88. The second kappa shape index (κ2) is 14.0. The van der Waals surface area contributed by atoms with E-state index in [4.69, 9.17) is 4.74 Å². The highest BCUT2D eigenvalue weighted by molar-refractivity contribution is 7.92. The van der Waals surface area contributed by atoms with Gasteiger partial charge >= 0.3 is 0 Å². The van der Waals surface area contributed by atoms with Crippen LogP contribution in [0, 0.1) is 0 Å².